The van der Waals surface area contributed by atoms with E-state index in [-0.39, 0.29) is 7.43 Å². The summed E-state index contributed by atoms with van der Waals surface area (Å²) in [6.07, 6.45) is 2.99. The number of amides is 2. The molecule has 0 fully saturated rings. The van der Waals surface area contributed by atoms with Crippen LogP contribution in [0.4, 0.5) is 10.6 Å². The SMILES string of the molecule is C.Cc1cnc(NC(N)=O)cn1. The summed E-state index contributed by atoms with van der Waals surface area (Å²) in [5.41, 5.74) is 5.64. The number of carbonyl (C=O) groups excluding carboxylic acids is 1. The summed E-state index contributed by atoms with van der Waals surface area (Å²) in [7, 11) is 0. The second-order valence-electron chi connectivity index (χ2n) is 2.03. The van der Waals surface area contributed by atoms with Gasteiger partial charge in [0.2, 0.25) is 0 Å². The summed E-state index contributed by atoms with van der Waals surface area (Å²) < 4.78 is 0. The first kappa shape index (κ1) is 10.3. The Morgan fingerprint density at radius 2 is 2.17 bits per heavy atom. The zero-order valence-electron chi connectivity index (χ0n) is 6.03. The van der Waals surface area contributed by atoms with Gasteiger partial charge in [0.25, 0.3) is 0 Å². The van der Waals surface area contributed by atoms with Gasteiger partial charge in [-0.1, -0.05) is 7.43 Å². The zero-order chi connectivity index (χ0) is 8.27. The third-order valence-corrected chi connectivity index (χ3v) is 1.03. The Kier molecular flexibility index (Phi) is 3.69. The Hall–Kier alpha value is -1.65. The highest BCUT2D eigenvalue weighted by Crippen LogP contribution is 1.98. The summed E-state index contributed by atoms with van der Waals surface area (Å²) >= 11 is 0. The molecule has 0 aliphatic carbocycles. The van der Waals surface area contributed by atoms with E-state index in [4.69, 9.17) is 5.73 Å². The van der Waals surface area contributed by atoms with Gasteiger partial charge in [0.05, 0.1) is 18.1 Å². The summed E-state index contributed by atoms with van der Waals surface area (Å²) in [5.74, 6) is 0.364. The van der Waals surface area contributed by atoms with E-state index in [1.54, 1.807) is 13.1 Å². The van der Waals surface area contributed by atoms with Crippen molar-refractivity contribution in [1.29, 1.82) is 0 Å². The Morgan fingerprint density at radius 1 is 1.50 bits per heavy atom. The van der Waals surface area contributed by atoms with Gasteiger partial charge in [-0.05, 0) is 6.92 Å². The van der Waals surface area contributed by atoms with Crippen molar-refractivity contribution in [3.8, 4) is 0 Å². The quantitative estimate of drug-likeness (QED) is 0.654. The van der Waals surface area contributed by atoms with Crippen LogP contribution in [0.15, 0.2) is 12.4 Å². The van der Waals surface area contributed by atoms with Crippen LogP contribution in [0.5, 0.6) is 0 Å². The molecule has 0 atom stereocenters. The largest absolute Gasteiger partial charge is 0.351 e. The van der Waals surface area contributed by atoms with Crippen LogP contribution in [0.3, 0.4) is 0 Å². The molecule has 1 aromatic rings. The fourth-order valence-electron chi connectivity index (χ4n) is 0.583. The molecule has 0 saturated carbocycles. The minimum atomic E-state index is -0.636. The van der Waals surface area contributed by atoms with Crippen LogP contribution in [0.1, 0.15) is 13.1 Å². The molecule has 5 nitrogen and oxygen atoms in total. The molecule has 0 unspecified atom stereocenters. The van der Waals surface area contributed by atoms with Gasteiger partial charge < -0.3 is 5.73 Å². The van der Waals surface area contributed by atoms with Gasteiger partial charge in [-0.2, -0.15) is 0 Å². The van der Waals surface area contributed by atoms with Crippen LogP contribution in [-0.2, 0) is 0 Å². The molecule has 1 heterocycles. The lowest BCUT2D eigenvalue weighted by molar-refractivity contribution is 0.259. The number of nitrogens with zero attached hydrogens (tertiary/aromatic N) is 2. The molecule has 12 heavy (non-hydrogen) atoms. The Morgan fingerprint density at radius 3 is 2.58 bits per heavy atom. The molecule has 0 saturated heterocycles. The second-order valence-corrected chi connectivity index (χ2v) is 2.03. The van der Waals surface area contributed by atoms with Crippen LogP contribution < -0.4 is 11.1 Å². The number of hydrogen-bond acceptors (Lipinski definition) is 3. The van der Waals surface area contributed by atoms with Crippen molar-refractivity contribution in [3.63, 3.8) is 0 Å². The van der Waals surface area contributed by atoms with Crippen molar-refractivity contribution < 1.29 is 4.79 Å². The van der Waals surface area contributed by atoms with Gasteiger partial charge in [-0.3, -0.25) is 10.3 Å². The Labute approximate surface area is 71.0 Å². The molecule has 2 amide bonds. The molecule has 0 radical (unpaired) electrons. The molecule has 66 valence electrons. The predicted octanol–water partition coefficient (Wildman–Crippen LogP) is 0.912. The van der Waals surface area contributed by atoms with Crippen LogP contribution in [0.2, 0.25) is 0 Å². The summed E-state index contributed by atoms with van der Waals surface area (Å²) in [6, 6.07) is -0.636. The highest BCUT2D eigenvalue weighted by Gasteiger charge is 1.95. The first-order chi connectivity index (χ1) is 5.18. The molecule has 0 bridgehead atoms. The van der Waals surface area contributed by atoms with E-state index in [1.165, 1.54) is 6.20 Å². The van der Waals surface area contributed by atoms with E-state index in [0.717, 1.165) is 5.69 Å². The predicted molar refractivity (Wildman–Crippen MR) is 46.7 cm³/mol. The normalized spacial score (nSPS) is 8.42. The lowest BCUT2D eigenvalue weighted by Crippen LogP contribution is -2.20. The van der Waals surface area contributed by atoms with E-state index in [9.17, 15) is 4.79 Å². The number of anilines is 1. The van der Waals surface area contributed by atoms with Crippen molar-refractivity contribution in [2.45, 2.75) is 14.4 Å². The zero-order valence-corrected chi connectivity index (χ0v) is 6.03. The van der Waals surface area contributed by atoms with Crippen molar-refractivity contribution in [2.75, 3.05) is 5.32 Å². The van der Waals surface area contributed by atoms with Crippen LogP contribution >= 0.6 is 0 Å². The Bertz CT molecular complexity index is 257. The first-order valence-electron chi connectivity index (χ1n) is 3.03. The number of urea groups is 1. The van der Waals surface area contributed by atoms with E-state index < -0.39 is 6.03 Å². The van der Waals surface area contributed by atoms with Crippen molar-refractivity contribution >= 4 is 11.8 Å². The molecule has 1 rings (SSSR count). The molecule has 5 heteroatoms. The van der Waals surface area contributed by atoms with Crippen LogP contribution in [0.25, 0.3) is 0 Å². The van der Waals surface area contributed by atoms with E-state index in [2.05, 4.69) is 15.3 Å². The number of aromatic nitrogens is 2. The topological polar surface area (TPSA) is 80.9 Å². The molecular formula is C7H12N4O. The number of carbonyl (C=O) groups is 1. The molecular weight excluding hydrogens is 156 g/mol. The number of nitrogens with one attached hydrogen (secondary N) is 1. The van der Waals surface area contributed by atoms with Gasteiger partial charge in [0.15, 0.2) is 5.82 Å². The highest BCUT2D eigenvalue weighted by molar-refractivity contribution is 5.86. The average Bonchev–Trinajstić information content (AvgIpc) is 1.93. The van der Waals surface area contributed by atoms with Gasteiger partial charge in [-0.15, -0.1) is 0 Å². The fourth-order valence-corrected chi connectivity index (χ4v) is 0.583. The minimum absolute atomic E-state index is 0. The molecule has 3 N–H and O–H groups in total. The van der Waals surface area contributed by atoms with E-state index in [0.29, 0.717) is 5.82 Å². The lowest BCUT2D eigenvalue weighted by atomic mass is 10.5. The average molecular weight is 168 g/mol. The maximum absolute atomic E-state index is 10.3. The standard InChI is InChI=1S/C6H8N4O.CH4/c1-4-2-9-5(3-8-4)10-6(7)11;/h2-3H,1H3,(H3,7,9,10,11);1H4. The molecule has 0 aromatic carbocycles. The third kappa shape index (κ3) is 2.96. The number of rotatable bonds is 1. The summed E-state index contributed by atoms with van der Waals surface area (Å²) in [4.78, 5) is 18.0. The van der Waals surface area contributed by atoms with Crippen molar-refractivity contribution in [3.05, 3.63) is 18.1 Å². The second kappa shape index (κ2) is 4.27. The van der Waals surface area contributed by atoms with Crippen molar-refractivity contribution in [1.82, 2.24) is 9.97 Å². The number of hydrogen-bond donors (Lipinski definition) is 2. The highest BCUT2D eigenvalue weighted by atomic mass is 16.2. The number of aryl methyl sites for hydroxylation is 1. The summed E-state index contributed by atoms with van der Waals surface area (Å²) in [6.45, 7) is 1.81. The van der Waals surface area contributed by atoms with Crippen molar-refractivity contribution in [2.24, 2.45) is 5.73 Å². The maximum Gasteiger partial charge on any atom is 0.317 e. The minimum Gasteiger partial charge on any atom is -0.351 e. The van der Waals surface area contributed by atoms with Gasteiger partial charge in [0, 0.05) is 0 Å². The molecule has 1 aromatic heterocycles. The van der Waals surface area contributed by atoms with E-state index in [1.807, 2.05) is 0 Å². The number of primary amides is 1. The molecule has 0 aliphatic heterocycles. The third-order valence-electron chi connectivity index (χ3n) is 1.03. The smallest absolute Gasteiger partial charge is 0.317 e. The van der Waals surface area contributed by atoms with E-state index >= 15 is 0 Å². The van der Waals surface area contributed by atoms with Gasteiger partial charge in [0.1, 0.15) is 0 Å². The van der Waals surface area contributed by atoms with Crippen LogP contribution in [-0.4, -0.2) is 16.0 Å². The van der Waals surface area contributed by atoms with Gasteiger partial charge >= 0.3 is 6.03 Å². The first-order valence-corrected chi connectivity index (χ1v) is 3.03. The Balaban J connectivity index is 0.00000121. The maximum atomic E-state index is 10.3. The molecule has 0 aliphatic rings. The van der Waals surface area contributed by atoms with Gasteiger partial charge in [-0.25, -0.2) is 9.78 Å². The van der Waals surface area contributed by atoms with Crippen LogP contribution in [0, 0.1) is 6.92 Å². The molecule has 0 spiro atoms. The fraction of sp³-hybridized carbons (Fsp3) is 0.286. The number of nitrogens with two attached hydrogens (primary N) is 1. The summed E-state index contributed by atoms with van der Waals surface area (Å²) in [5, 5.41) is 2.30. The monoisotopic (exact) mass is 168 g/mol. The lowest BCUT2D eigenvalue weighted by Gasteiger charge is -1.98.